The Morgan fingerprint density at radius 2 is 1.25 bits per heavy atom. The van der Waals surface area contributed by atoms with E-state index in [1.807, 2.05) is 0 Å². The topological polar surface area (TPSA) is 40.5 Å². The molecule has 12 heavy (non-hydrogen) atoms. The highest BCUT2D eigenvalue weighted by Gasteiger charge is 2.04. The number of rotatable bonds is 2. The highest BCUT2D eigenvalue weighted by Crippen LogP contribution is 2.26. The maximum atomic E-state index is 8.92. The Kier molecular flexibility index (Phi) is 3.71. The van der Waals surface area contributed by atoms with E-state index in [0.717, 1.165) is 20.1 Å². The van der Waals surface area contributed by atoms with E-state index in [-0.39, 0.29) is 13.2 Å². The van der Waals surface area contributed by atoms with Crippen LogP contribution in [0.25, 0.3) is 0 Å². The summed E-state index contributed by atoms with van der Waals surface area (Å²) in [5.74, 6) is 0. The molecule has 0 aliphatic rings. The molecule has 0 aliphatic carbocycles. The third-order valence-electron chi connectivity index (χ3n) is 1.58. The van der Waals surface area contributed by atoms with Gasteiger partial charge in [-0.15, -0.1) is 0 Å². The normalized spacial score (nSPS) is 10.3. The van der Waals surface area contributed by atoms with Crippen molar-refractivity contribution in [2.24, 2.45) is 0 Å². The molecule has 0 aromatic heterocycles. The molecule has 0 saturated heterocycles. The van der Waals surface area contributed by atoms with Crippen LogP contribution >= 0.6 is 31.9 Å². The summed E-state index contributed by atoms with van der Waals surface area (Å²) in [4.78, 5) is 0. The molecule has 1 rings (SSSR count). The molecule has 0 spiro atoms. The van der Waals surface area contributed by atoms with Crippen LogP contribution in [0, 0.1) is 0 Å². The van der Waals surface area contributed by atoms with Gasteiger partial charge in [0.2, 0.25) is 0 Å². The fourth-order valence-corrected chi connectivity index (χ4v) is 1.71. The van der Waals surface area contributed by atoms with E-state index >= 15 is 0 Å². The van der Waals surface area contributed by atoms with Gasteiger partial charge in [0.05, 0.1) is 13.2 Å². The number of aliphatic hydroxyl groups excluding tert-OH is 2. The van der Waals surface area contributed by atoms with Gasteiger partial charge in [0.1, 0.15) is 0 Å². The molecule has 0 fully saturated rings. The zero-order valence-electron chi connectivity index (χ0n) is 6.22. The molecule has 1 aromatic rings. The summed E-state index contributed by atoms with van der Waals surface area (Å²) >= 11 is 6.62. The van der Waals surface area contributed by atoms with Crippen LogP contribution in [0.3, 0.4) is 0 Å². The highest BCUT2D eigenvalue weighted by atomic mass is 79.9. The summed E-state index contributed by atoms with van der Waals surface area (Å²) in [5.41, 5.74) is 1.49. The van der Waals surface area contributed by atoms with Gasteiger partial charge in [0.25, 0.3) is 0 Å². The molecule has 0 aliphatic heterocycles. The minimum absolute atomic E-state index is 0.0538. The van der Waals surface area contributed by atoms with E-state index < -0.39 is 0 Å². The van der Waals surface area contributed by atoms with Crippen LogP contribution in [0.1, 0.15) is 11.1 Å². The highest BCUT2D eigenvalue weighted by molar-refractivity contribution is 9.13. The Labute approximate surface area is 87.5 Å². The molecule has 0 saturated carbocycles. The molecule has 0 bridgehead atoms. The zero-order chi connectivity index (χ0) is 9.14. The van der Waals surface area contributed by atoms with Gasteiger partial charge in [0, 0.05) is 8.95 Å². The number of halogens is 2. The molecule has 0 amide bonds. The van der Waals surface area contributed by atoms with Gasteiger partial charge in [-0.05, 0) is 55.1 Å². The van der Waals surface area contributed by atoms with E-state index in [9.17, 15) is 0 Å². The average Bonchev–Trinajstić information content (AvgIpc) is 2.09. The summed E-state index contributed by atoms with van der Waals surface area (Å²) in [6, 6.07) is 3.57. The monoisotopic (exact) mass is 294 g/mol. The second kappa shape index (κ2) is 4.37. The number of hydrogen-bond acceptors (Lipinski definition) is 2. The van der Waals surface area contributed by atoms with Gasteiger partial charge < -0.3 is 10.2 Å². The van der Waals surface area contributed by atoms with Crippen molar-refractivity contribution in [1.29, 1.82) is 0 Å². The number of benzene rings is 1. The van der Waals surface area contributed by atoms with Crippen LogP contribution in [-0.2, 0) is 13.2 Å². The van der Waals surface area contributed by atoms with Gasteiger partial charge in [-0.3, -0.25) is 0 Å². The minimum Gasteiger partial charge on any atom is -0.392 e. The maximum Gasteiger partial charge on any atom is 0.0685 e. The Hall–Kier alpha value is 0.1000. The molecule has 0 heterocycles. The summed E-state index contributed by atoms with van der Waals surface area (Å²) in [7, 11) is 0. The Morgan fingerprint density at radius 1 is 0.917 bits per heavy atom. The van der Waals surface area contributed by atoms with E-state index in [1.165, 1.54) is 0 Å². The lowest BCUT2D eigenvalue weighted by Crippen LogP contribution is -1.94. The second-order valence-corrected chi connectivity index (χ2v) is 4.06. The smallest absolute Gasteiger partial charge is 0.0685 e. The lowest BCUT2D eigenvalue weighted by atomic mass is 10.1. The van der Waals surface area contributed by atoms with Gasteiger partial charge >= 0.3 is 0 Å². The van der Waals surface area contributed by atoms with E-state index in [2.05, 4.69) is 31.9 Å². The van der Waals surface area contributed by atoms with E-state index in [0.29, 0.717) is 0 Å². The quantitative estimate of drug-likeness (QED) is 0.878. The van der Waals surface area contributed by atoms with Crippen molar-refractivity contribution < 1.29 is 10.2 Å². The molecule has 1 aromatic carbocycles. The fraction of sp³-hybridized carbons (Fsp3) is 0.250. The van der Waals surface area contributed by atoms with Gasteiger partial charge in [-0.2, -0.15) is 0 Å². The average molecular weight is 296 g/mol. The molecule has 0 radical (unpaired) electrons. The van der Waals surface area contributed by atoms with E-state index in [1.54, 1.807) is 12.1 Å². The first-order chi connectivity index (χ1) is 5.69. The van der Waals surface area contributed by atoms with Crippen molar-refractivity contribution in [1.82, 2.24) is 0 Å². The molecule has 2 N–H and O–H groups in total. The zero-order valence-corrected chi connectivity index (χ0v) is 9.39. The van der Waals surface area contributed by atoms with Gasteiger partial charge in [-0.25, -0.2) is 0 Å². The first-order valence-electron chi connectivity index (χ1n) is 3.37. The van der Waals surface area contributed by atoms with Crippen LogP contribution in [0.2, 0.25) is 0 Å². The summed E-state index contributed by atoms with van der Waals surface area (Å²) in [6.07, 6.45) is 0. The number of hydrogen-bond donors (Lipinski definition) is 2. The Balaban J connectivity index is 3.19. The Morgan fingerprint density at radius 3 is 1.50 bits per heavy atom. The fourth-order valence-electron chi connectivity index (χ4n) is 0.924. The molecular weight excluding hydrogens is 288 g/mol. The molecule has 0 unspecified atom stereocenters. The predicted molar refractivity (Wildman–Crippen MR) is 53.7 cm³/mol. The first-order valence-corrected chi connectivity index (χ1v) is 4.96. The van der Waals surface area contributed by atoms with E-state index in [4.69, 9.17) is 10.2 Å². The standard InChI is InChI=1S/C8H8Br2O2/c9-7-1-5(3-11)6(4-12)2-8(7)10/h1-2,11-12H,3-4H2. The summed E-state index contributed by atoms with van der Waals surface area (Å²) in [5, 5.41) is 17.8. The first kappa shape index (κ1) is 10.2. The van der Waals surface area contributed by atoms with Crippen molar-refractivity contribution in [3.63, 3.8) is 0 Å². The lowest BCUT2D eigenvalue weighted by Gasteiger charge is -2.06. The third kappa shape index (κ3) is 2.07. The summed E-state index contributed by atoms with van der Waals surface area (Å²) in [6.45, 7) is -0.108. The largest absolute Gasteiger partial charge is 0.392 e. The SMILES string of the molecule is OCc1cc(Br)c(Br)cc1CO. The molecule has 66 valence electrons. The predicted octanol–water partition coefficient (Wildman–Crippen LogP) is 2.20. The second-order valence-electron chi connectivity index (χ2n) is 2.35. The minimum atomic E-state index is -0.0538. The van der Waals surface area contributed by atoms with Crippen LogP contribution < -0.4 is 0 Å². The molecular formula is C8H8Br2O2. The van der Waals surface area contributed by atoms with Crippen molar-refractivity contribution in [3.8, 4) is 0 Å². The van der Waals surface area contributed by atoms with Crippen molar-refractivity contribution in [2.75, 3.05) is 0 Å². The van der Waals surface area contributed by atoms with Crippen molar-refractivity contribution >= 4 is 31.9 Å². The van der Waals surface area contributed by atoms with Crippen LogP contribution in [0.5, 0.6) is 0 Å². The number of aliphatic hydroxyl groups is 2. The van der Waals surface area contributed by atoms with Crippen molar-refractivity contribution in [2.45, 2.75) is 13.2 Å². The van der Waals surface area contributed by atoms with Crippen LogP contribution in [0.15, 0.2) is 21.1 Å². The summed E-state index contributed by atoms with van der Waals surface area (Å²) < 4.78 is 1.76. The lowest BCUT2D eigenvalue weighted by molar-refractivity contribution is 0.260. The van der Waals surface area contributed by atoms with Gasteiger partial charge in [-0.1, -0.05) is 0 Å². The molecule has 2 nitrogen and oxygen atoms in total. The third-order valence-corrected chi connectivity index (χ3v) is 3.43. The van der Waals surface area contributed by atoms with Gasteiger partial charge in [0.15, 0.2) is 0 Å². The maximum absolute atomic E-state index is 8.92. The van der Waals surface area contributed by atoms with Crippen LogP contribution in [-0.4, -0.2) is 10.2 Å². The Bertz CT molecular complexity index is 258. The molecule has 0 atom stereocenters. The molecule has 4 heteroatoms. The van der Waals surface area contributed by atoms with Crippen LogP contribution in [0.4, 0.5) is 0 Å². The van der Waals surface area contributed by atoms with Crippen molar-refractivity contribution in [3.05, 3.63) is 32.2 Å².